The molecule has 1 N–H and O–H groups in total. The van der Waals surface area contributed by atoms with Gasteiger partial charge in [0, 0.05) is 0 Å². The zero-order chi connectivity index (χ0) is 24.4. The van der Waals surface area contributed by atoms with E-state index in [0.717, 1.165) is 18.9 Å². The number of nitrogens with one attached hydrogen (secondary N) is 1. The second kappa shape index (κ2) is 12.6. The molecular weight excluding hydrogens is 434 g/mol. The molecule has 10 heteroatoms. The van der Waals surface area contributed by atoms with Gasteiger partial charge in [0.1, 0.15) is 11.8 Å². The van der Waals surface area contributed by atoms with E-state index in [2.05, 4.69) is 25.2 Å². The number of pyridine rings is 1. The van der Waals surface area contributed by atoms with E-state index in [0.29, 0.717) is 23.1 Å². The Bertz CT molecular complexity index is 1030. The number of anilines is 1. The number of nitrogens with zero attached hydrogens (tertiary/aromatic N) is 3. The van der Waals surface area contributed by atoms with Crippen LogP contribution in [0, 0.1) is 18.6 Å². The summed E-state index contributed by atoms with van der Waals surface area (Å²) in [7, 11) is 1.29. The van der Waals surface area contributed by atoms with Gasteiger partial charge in [-0.05, 0) is 51.0 Å². The van der Waals surface area contributed by atoms with Gasteiger partial charge in [-0.3, -0.25) is 4.79 Å². The van der Waals surface area contributed by atoms with Gasteiger partial charge in [0.05, 0.1) is 25.1 Å². The molecule has 0 aliphatic carbocycles. The molecule has 8 nitrogen and oxygen atoms in total. The minimum Gasteiger partial charge on any atom is -0.494 e. The predicted octanol–water partition coefficient (Wildman–Crippen LogP) is 4.95. The molecule has 2 unspecified atom stereocenters. The average molecular weight is 462 g/mol. The molecule has 1 aliphatic rings. The number of hydrogen-bond acceptors (Lipinski definition) is 7. The standard InChI is InChI=1S/C14H16N4O3.C7H6F2O.C2H6/c1-8-3-6-12(20-8)13(19)17-10-4-5-11(15-7-10)14-16-9(2)18-21-14;1-10-6-4-2-3-5(8)7(6)9;1-2/h4-5,7-8,12H,3,6H2,1-2H3,(H,17,19);2-4H,1H3;1-2H3. The van der Waals surface area contributed by atoms with E-state index in [4.69, 9.17) is 9.26 Å². The number of methoxy groups -OCH3 is 1. The normalized spacial score (nSPS) is 16.7. The molecule has 4 rings (SSSR count). The van der Waals surface area contributed by atoms with Crippen molar-refractivity contribution in [3.05, 3.63) is 54.0 Å². The van der Waals surface area contributed by atoms with E-state index in [-0.39, 0.29) is 23.9 Å². The molecule has 0 spiro atoms. The molecule has 1 aliphatic heterocycles. The molecule has 1 saturated heterocycles. The summed E-state index contributed by atoms with van der Waals surface area (Å²) in [6.45, 7) is 7.71. The Hall–Kier alpha value is -3.40. The molecule has 0 saturated carbocycles. The predicted molar refractivity (Wildman–Crippen MR) is 119 cm³/mol. The lowest BCUT2D eigenvalue weighted by Gasteiger charge is -2.11. The van der Waals surface area contributed by atoms with Crippen LogP contribution >= 0.6 is 0 Å². The van der Waals surface area contributed by atoms with E-state index < -0.39 is 11.6 Å². The fraction of sp³-hybridized carbons (Fsp3) is 0.391. The Morgan fingerprint density at radius 3 is 2.45 bits per heavy atom. The number of aromatic nitrogens is 3. The highest BCUT2D eigenvalue weighted by Crippen LogP contribution is 2.21. The monoisotopic (exact) mass is 462 g/mol. The van der Waals surface area contributed by atoms with Gasteiger partial charge in [0.25, 0.3) is 11.8 Å². The number of aryl methyl sites for hydroxylation is 1. The quantitative estimate of drug-likeness (QED) is 0.586. The van der Waals surface area contributed by atoms with E-state index in [1.807, 2.05) is 20.8 Å². The maximum absolute atomic E-state index is 12.5. The molecule has 178 valence electrons. The van der Waals surface area contributed by atoms with Gasteiger partial charge < -0.3 is 19.3 Å². The van der Waals surface area contributed by atoms with Crippen LogP contribution in [0.1, 0.15) is 39.4 Å². The molecular formula is C23H28F2N4O4. The van der Waals surface area contributed by atoms with E-state index >= 15 is 0 Å². The number of rotatable bonds is 4. The third-order valence-corrected chi connectivity index (χ3v) is 4.44. The summed E-state index contributed by atoms with van der Waals surface area (Å²) in [5.74, 6) is -1.12. The van der Waals surface area contributed by atoms with Gasteiger partial charge in [-0.25, -0.2) is 9.37 Å². The molecule has 0 bridgehead atoms. The number of carbonyl (C=O) groups excluding carboxylic acids is 1. The molecule has 1 amide bonds. The molecule has 1 aromatic carbocycles. The summed E-state index contributed by atoms with van der Waals surface area (Å²) >= 11 is 0. The van der Waals surface area contributed by atoms with Crippen LogP contribution in [0.4, 0.5) is 14.5 Å². The fourth-order valence-corrected chi connectivity index (χ4v) is 2.86. The highest BCUT2D eigenvalue weighted by Gasteiger charge is 2.28. The Balaban J connectivity index is 0.000000270. The van der Waals surface area contributed by atoms with Gasteiger partial charge in [0.2, 0.25) is 5.82 Å². The average Bonchev–Trinajstić information content (AvgIpc) is 3.46. The van der Waals surface area contributed by atoms with Gasteiger partial charge in [0.15, 0.2) is 17.4 Å². The van der Waals surface area contributed by atoms with Crippen LogP contribution in [0.3, 0.4) is 0 Å². The van der Waals surface area contributed by atoms with Crippen molar-refractivity contribution in [3.63, 3.8) is 0 Å². The molecule has 2 atom stereocenters. The summed E-state index contributed by atoms with van der Waals surface area (Å²) in [6.07, 6.45) is 2.98. The number of ether oxygens (including phenoxy) is 2. The number of hydrogen-bond donors (Lipinski definition) is 1. The van der Waals surface area contributed by atoms with Crippen molar-refractivity contribution in [1.29, 1.82) is 0 Å². The second-order valence-electron chi connectivity index (χ2n) is 6.84. The Kier molecular flexibility index (Phi) is 9.86. The first-order valence-corrected chi connectivity index (χ1v) is 10.6. The van der Waals surface area contributed by atoms with Crippen molar-refractivity contribution in [3.8, 4) is 17.3 Å². The minimum atomic E-state index is -0.940. The fourth-order valence-electron chi connectivity index (χ4n) is 2.86. The number of halogens is 2. The summed E-state index contributed by atoms with van der Waals surface area (Å²) in [6, 6.07) is 7.26. The Labute approximate surface area is 191 Å². The van der Waals surface area contributed by atoms with Crippen LogP contribution in [-0.4, -0.2) is 40.3 Å². The molecule has 3 aromatic rings. The van der Waals surface area contributed by atoms with Crippen LogP contribution in [0.25, 0.3) is 11.6 Å². The molecule has 3 heterocycles. The van der Waals surface area contributed by atoms with Crippen LogP contribution < -0.4 is 10.1 Å². The summed E-state index contributed by atoms with van der Waals surface area (Å²) in [4.78, 5) is 20.3. The van der Waals surface area contributed by atoms with Gasteiger partial charge in [-0.2, -0.15) is 9.37 Å². The van der Waals surface area contributed by atoms with Gasteiger partial charge in [-0.15, -0.1) is 0 Å². The third-order valence-electron chi connectivity index (χ3n) is 4.44. The topological polar surface area (TPSA) is 99.4 Å². The zero-order valence-electron chi connectivity index (χ0n) is 19.3. The third kappa shape index (κ3) is 7.31. The zero-order valence-corrected chi connectivity index (χ0v) is 19.3. The van der Waals surface area contributed by atoms with Gasteiger partial charge in [-0.1, -0.05) is 25.1 Å². The van der Waals surface area contributed by atoms with E-state index in [1.165, 1.54) is 19.2 Å². The van der Waals surface area contributed by atoms with Crippen LogP contribution in [-0.2, 0) is 9.53 Å². The highest BCUT2D eigenvalue weighted by molar-refractivity contribution is 5.94. The summed E-state index contributed by atoms with van der Waals surface area (Å²) in [5, 5.41) is 6.51. The van der Waals surface area contributed by atoms with E-state index in [1.54, 1.807) is 25.3 Å². The van der Waals surface area contributed by atoms with Crippen molar-refractivity contribution in [2.75, 3.05) is 12.4 Å². The van der Waals surface area contributed by atoms with Crippen LogP contribution in [0.5, 0.6) is 5.75 Å². The van der Waals surface area contributed by atoms with Crippen LogP contribution in [0.15, 0.2) is 41.1 Å². The second-order valence-corrected chi connectivity index (χ2v) is 6.84. The molecule has 0 radical (unpaired) electrons. The lowest BCUT2D eigenvalue weighted by molar-refractivity contribution is -0.126. The highest BCUT2D eigenvalue weighted by atomic mass is 19.2. The molecule has 2 aromatic heterocycles. The lowest BCUT2D eigenvalue weighted by Crippen LogP contribution is -2.27. The smallest absolute Gasteiger partial charge is 0.276 e. The first-order valence-electron chi connectivity index (χ1n) is 10.6. The van der Waals surface area contributed by atoms with Crippen molar-refractivity contribution < 1.29 is 27.6 Å². The summed E-state index contributed by atoms with van der Waals surface area (Å²) < 4.78 is 39.9. The summed E-state index contributed by atoms with van der Waals surface area (Å²) in [5.41, 5.74) is 1.18. The maximum atomic E-state index is 12.5. The SMILES string of the molecule is CC.COc1cccc(F)c1F.Cc1noc(-c2ccc(NC(=O)C3CCC(C)O3)cn2)n1. The Morgan fingerprint density at radius 2 is 1.94 bits per heavy atom. The lowest BCUT2D eigenvalue weighted by atomic mass is 10.2. The number of amides is 1. The number of carbonyl (C=O) groups is 1. The van der Waals surface area contributed by atoms with Gasteiger partial charge >= 0.3 is 0 Å². The van der Waals surface area contributed by atoms with Crippen molar-refractivity contribution in [1.82, 2.24) is 15.1 Å². The number of benzene rings is 1. The molecule has 33 heavy (non-hydrogen) atoms. The largest absolute Gasteiger partial charge is 0.494 e. The first-order chi connectivity index (χ1) is 15.9. The van der Waals surface area contributed by atoms with Crippen molar-refractivity contribution >= 4 is 11.6 Å². The maximum Gasteiger partial charge on any atom is 0.276 e. The van der Waals surface area contributed by atoms with Crippen molar-refractivity contribution in [2.24, 2.45) is 0 Å². The van der Waals surface area contributed by atoms with E-state index in [9.17, 15) is 13.6 Å². The van der Waals surface area contributed by atoms with Crippen LogP contribution in [0.2, 0.25) is 0 Å². The Morgan fingerprint density at radius 1 is 1.18 bits per heavy atom. The molecule has 1 fully saturated rings. The minimum absolute atomic E-state index is 0.0694. The van der Waals surface area contributed by atoms with Crippen molar-refractivity contribution in [2.45, 2.75) is 52.7 Å². The first kappa shape index (κ1) is 25.9.